The molecule has 3 aromatic rings. The first-order valence-electron chi connectivity index (χ1n) is 7.41. The Bertz CT molecular complexity index is 831. The molecule has 1 heterocycles. The molecule has 0 radical (unpaired) electrons. The van der Waals surface area contributed by atoms with Crippen LogP contribution in [0.25, 0.3) is 22.2 Å². The second-order valence-corrected chi connectivity index (χ2v) is 5.45. The van der Waals surface area contributed by atoms with Gasteiger partial charge in [0.15, 0.2) is 5.43 Å². The van der Waals surface area contributed by atoms with Crippen molar-refractivity contribution in [2.45, 2.75) is 26.7 Å². The second-order valence-electron chi connectivity index (χ2n) is 5.45. The van der Waals surface area contributed by atoms with Crippen molar-refractivity contribution in [1.29, 1.82) is 0 Å². The van der Waals surface area contributed by atoms with Crippen LogP contribution in [0.1, 0.15) is 24.5 Å². The summed E-state index contributed by atoms with van der Waals surface area (Å²) in [5.74, 6) is 0. The van der Waals surface area contributed by atoms with E-state index in [9.17, 15) is 4.79 Å². The number of fused-ring (bicyclic) bond motifs is 1. The predicted octanol–water partition coefficient (Wildman–Crippen LogP) is 4.46. The zero-order valence-corrected chi connectivity index (χ0v) is 12.4. The molecule has 0 saturated heterocycles. The number of benzene rings is 2. The number of aromatic nitrogens is 1. The summed E-state index contributed by atoms with van der Waals surface area (Å²) in [5, 5.41) is 0.790. The van der Waals surface area contributed by atoms with Crippen LogP contribution in [0.3, 0.4) is 0 Å². The zero-order valence-electron chi connectivity index (χ0n) is 12.4. The molecular weight excluding hydrogens is 258 g/mol. The van der Waals surface area contributed by atoms with Crippen LogP contribution in [-0.4, -0.2) is 4.98 Å². The van der Waals surface area contributed by atoms with Gasteiger partial charge in [0.05, 0.1) is 5.69 Å². The molecule has 21 heavy (non-hydrogen) atoms. The summed E-state index contributed by atoms with van der Waals surface area (Å²) < 4.78 is 0. The highest BCUT2D eigenvalue weighted by molar-refractivity contribution is 5.83. The minimum absolute atomic E-state index is 0.126. The van der Waals surface area contributed by atoms with Gasteiger partial charge >= 0.3 is 0 Å². The number of nitrogens with one attached hydrogen (secondary N) is 1. The highest BCUT2D eigenvalue weighted by Crippen LogP contribution is 2.22. The van der Waals surface area contributed by atoms with Crippen LogP contribution in [-0.2, 0) is 6.42 Å². The Morgan fingerprint density at radius 2 is 1.81 bits per heavy atom. The average molecular weight is 277 g/mol. The van der Waals surface area contributed by atoms with Crippen LogP contribution in [0.5, 0.6) is 0 Å². The largest absolute Gasteiger partial charge is 0.354 e. The van der Waals surface area contributed by atoms with Crippen molar-refractivity contribution in [1.82, 2.24) is 4.98 Å². The van der Waals surface area contributed by atoms with Crippen molar-refractivity contribution < 1.29 is 0 Å². The number of hydrogen-bond donors (Lipinski definition) is 1. The highest BCUT2D eigenvalue weighted by Gasteiger charge is 2.10. The second kappa shape index (κ2) is 5.57. The van der Waals surface area contributed by atoms with Gasteiger partial charge in [-0.2, -0.15) is 0 Å². The molecule has 2 nitrogen and oxygen atoms in total. The summed E-state index contributed by atoms with van der Waals surface area (Å²) in [5.41, 5.74) is 5.00. The lowest BCUT2D eigenvalue weighted by Crippen LogP contribution is -2.09. The molecule has 0 atom stereocenters. The van der Waals surface area contributed by atoms with Crippen LogP contribution in [0.4, 0.5) is 0 Å². The molecular formula is C19H19NO. The van der Waals surface area contributed by atoms with Crippen LogP contribution in [0.15, 0.2) is 53.3 Å². The smallest absolute Gasteiger partial charge is 0.192 e. The van der Waals surface area contributed by atoms with Crippen molar-refractivity contribution in [3.8, 4) is 11.3 Å². The van der Waals surface area contributed by atoms with Crippen molar-refractivity contribution in [2.24, 2.45) is 0 Å². The molecule has 0 unspecified atom stereocenters. The number of pyridine rings is 1. The first kappa shape index (κ1) is 13.6. The molecule has 1 aromatic heterocycles. The molecule has 0 aliphatic carbocycles. The standard InChI is InChI=1S/C19H19NO/c1-3-7-14-10-11-17-16(12-14)19(21)13(2)18(20-17)15-8-5-4-6-9-15/h4-6,8-12H,3,7H2,1-2H3,(H,20,21). The fourth-order valence-corrected chi connectivity index (χ4v) is 2.77. The van der Waals surface area contributed by atoms with Gasteiger partial charge in [0.25, 0.3) is 0 Å². The van der Waals surface area contributed by atoms with Gasteiger partial charge in [-0.3, -0.25) is 4.79 Å². The number of aromatic amines is 1. The quantitative estimate of drug-likeness (QED) is 0.753. The van der Waals surface area contributed by atoms with Crippen LogP contribution < -0.4 is 5.43 Å². The zero-order chi connectivity index (χ0) is 14.8. The van der Waals surface area contributed by atoms with Crippen molar-refractivity contribution in [3.05, 3.63) is 69.9 Å². The van der Waals surface area contributed by atoms with E-state index >= 15 is 0 Å². The minimum atomic E-state index is 0.126. The Balaban J connectivity index is 2.24. The van der Waals surface area contributed by atoms with E-state index in [1.54, 1.807) is 0 Å². The van der Waals surface area contributed by atoms with Gasteiger partial charge in [-0.15, -0.1) is 0 Å². The van der Waals surface area contributed by atoms with Gasteiger partial charge in [0, 0.05) is 16.5 Å². The molecule has 0 saturated carbocycles. The molecule has 0 bridgehead atoms. The molecule has 0 fully saturated rings. The lowest BCUT2D eigenvalue weighted by Gasteiger charge is -2.09. The Morgan fingerprint density at radius 3 is 2.52 bits per heavy atom. The summed E-state index contributed by atoms with van der Waals surface area (Å²) in [7, 11) is 0. The molecule has 1 N–H and O–H groups in total. The van der Waals surface area contributed by atoms with Gasteiger partial charge in [0.1, 0.15) is 0 Å². The molecule has 106 valence electrons. The number of aryl methyl sites for hydroxylation is 1. The van der Waals surface area contributed by atoms with Crippen LogP contribution >= 0.6 is 0 Å². The van der Waals surface area contributed by atoms with E-state index in [2.05, 4.69) is 18.0 Å². The number of rotatable bonds is 3. The molecule has 3 rings (SSSR count). The fraction of sp³-hybridized carbons (Fsp3) is 0.211. The summed E-state index contributed by atoms with van der Waals surface area (Å²) in [6.07, 6.45) is 2.10. The lowest BCUT2D eigenvalue weighted by atomic mass is 10.0. The maximum Gasteiger partial charge on any atom is 0.192 e. The predicted molar refractivity (Wildman–Crippen MR) is 88.7 cm³/mol. The molecule has 0 aliphatic rings. The van der Waals surface area contributed by atoms with E-state index < -0.39 is 0 Å². The van der Waals surface area contributed by atoms with E-state index in [0.29, 0.717) is 0 Å². The summed E-state index contributed by atoms with van der Waals surface area (Å²) >= 11 is 0. The van der Waals surface area contributed by atoms with Crippen LogP contribution in [0, 0.1) is 6.92 Å². The SMILES string of the molecule is CCCc1ccc2[nH]c(-c3ccccc3)c(C)c(=O)c2c1. The molecule has 0 aliphatic heterocycles. The average Bonchev–Trinajstić information content (AvgIpc) is 2.52. The van der Waals surface area contributed by atoms with E-state index in [4.69, 9.17) is 0 Å². The van der Waals surface area contributed by atoms with E-state index in [1.807, 2.05) is 49.4 Å². The van der Waals surface area contributed by atoms with E-state index in [1.165, 1.54) is 5.56 Å². The van der Waals surface area contributed by atoms with E-state index in [-0.39, 0.29) is 5.43 Å². The van der Waals surface area contributed by atoms with Gasteiger partial charge < -0.3 is 4.98 Å². The molecule has 0 amide bonds. The monoisotopic (exact) mass is 277 g/mol. The Morgan fingerprint density at radius 1 is 1.05 bits per heavy atom. The molecule has 2 heteroatoms. The topological polar surface area (TPSA) is 32.9 Å². The summed E-state index contributed by atoms with van der Waals surface area (Å²) in [4.78, 5) is 16.1. The van der Waals surface area contributed by atoms with Crippen molar-refractivity contribution in [2.75, 3.05) is 0 Å². The first-order valence-corrected chi connectivity index (χ1v) is 7.41. The van der Waals surface area contributed by atoms with Crippen molar-refractivity contribution >= 4 is 10.9 Å². The van der Waals surface area contributed by atoms with E-state index in [0.717, 1.165) is 40.6 Å². The third-order valence-electron chi connectivity index (χ3n) is 3.91. The van der Waals surface area contributed by atoms with Gasteiger partial charge in [-0.05, 0) is 36.6 Å². The normalized spacial score (nSPS) is 11.0. The van der Waals surface area contributed by atoms with Gasteiger partial charge in [0.2, 0.25) is 0 Å². The lowest BCUT2D eigenvalue weighted by molar-refractivity contribution is 0.923. The van der Waals surface area contributed by atoms with Crippen molar-refractivity contribution in [3.63, 3.8) is 0 Å². The Labute approximate surface area is 124 Å². The first-order chi connectivity index (χ1) is 10.2. The third kappa shape index (κ3) is 2.49. The Kier molecular flexibility index (Phi) is 3.61. The number of H-pyrrole nitrogens is 1. The molecule has 0 spiro atoms. The van der Waals surface area contributed by atoms with Gasteiger partial charge in [-0.25, -0.2) is 0 Å². The number of hydrogen-bond acceptors (Lipinski definition) is 1. The fourth-order valence-electron chi connectivity index (χ4n) is 2.77. The highest BCUT2D eigenvalue weighted by atomic mass is 16.1. The Hall–Kier alpha value is -2.35. The minimum Gasteiger partial charge on any atom is -0.354 e. The summed E-state index contributed by atoms with van der Waals surface area (Å²) in [6, 6.07) is 16.2. The maximum absolute atomic E-state index is 12.7. The van der Waals surface area contributed by atoms with Crippen LogP contribution in [0.2, 0.25) is 0 Å². The third-order valence-corrected chi connectivity index (χ3v) is 3.91. The van der Waals surface area contributed by atoms with Gasteiger partial charge in [-0.1, -0.05) is 49.7 Å². The molecule has 2 aromatic carbocycles. The summed E-state index contributed by atoms with van der Waals surface area (Å²) in [6.45, 7) is 4.05. The maximum atomic E-state index is 12.7.